The van der Waals surface area contributed by atoms with E-state index < -0.39 is 0 Å². The number of aliphatic imine (C=N–C) groups is 1. The number of guanidine groups is 1. The molecule has 0 bridgehead atoms. The molecule has 1 aliphatic rings. The van der Waals surface area contributed by atoms with Crippen LogP contribution in [0.3, 0.4) is 0 Å². The molecule has 1 aliphatic heterocycles. The third-order valence-electron chi connectivity index (χ3n) is 5.64. The second kappa shape index (κ2) is 12.2. The van der Waals surface area contributed by atoms with E-state index in [1.165, 1.54) is 0 Å². The van der Waals surface area contributed by atoms with Crippen molar-refractivity contribution in [3.8, 4) is 17.2 Å². The first-order valence-corrected chi connectivity index (χ1v) is 10.5. The fourth-order valence-electron chi connectivity index (χ4n) is 4.01. The molecule has 0 spiro atoms. The average molecular weight is 558 g/mol. The number of hydrogen-bond acceptors (Lipinski definition) is 6. The molecule has 8 nitrogen and oxygen atoms in total. The van der Waals surface area contributed by atoms with Crippen LogP contribution in [0.15, 0.2) is 27.6 Å². The van der Waals surface area contributed by atoms with Gasteiger partial charge in [0.1, 0.15) is 11.5 Å². The van der Waals surface area contributed by atoms with Gasteiger partial charge < -0.3 is 28.8 Å². The molecule has 0 atom stereocenters. The predicted octanol–water partition coefficient (Wildman–Crippen LogP) is 3.43. The highest BCUT2D eigenvalue weighted by atomic mass is 127. The molecule has 3 rings (SSSR count). The van der Waals surface area contributed by atoms with Crippen molar-refractivity contribution in [2.45, 2.75) is 26.9 Å². The number of aryl methyl sites for hydroxylation is 2. The van der Waals surface area contributed by atoms with E-state index in [2.05, 4.69) is 26.2 Å². The summed E-state index contributed by atoms with van der Waals surface area (Å²) in [5.41, 5.74) is 2.25. The molecule has 0 saturated carbocycles. The maximum atomic E-state index is 5.63. The monoisotopic (exact) mass is 558 g/mol. The molecule has 1 aromatic heterocycles. The Balaban J connectivity index is 0.00000363. The summed E-state index contributed by atoms with van der Waals surface area (Å²) in [5, 5.41) is 3.47. The molecule has 0 amide bonds. The Hall–Kier alpha value is -2.14. The second-order valence-corrected chi connectivity index (χ2v) is 7.60. The number of halogens is 1. The van der Waals surface area contributed by atoms with Gasteiger partial charge in [-0.2, -0.15) is 0 Å². The van der Waals surface area contributed by atoms with Crippen LogP contribution in [0.25, 0.3) is 0 Å². The molecule has 1 saturated heterocycles. The minimum absolute atomic E-state index is 0. The summed E-state index contributed by atoms with van der Waals surface area (Å²) in [7, 11) is 6.76. The molecule has 1 fully saturated rings. The number of nitrogens with zero attached hydrogens (tertiary/aromatic N) is 3. The van der Waals surface area contributed by atoms with E-state index in [0.29, 0.717) is 18.0 Å². The first-order valence-electron chi connectivity index (χ1n) is 10.5. The topological polar surface area (TPSA) is 71.7 Å². The number of ether oxygens (including phenoxy) is 3. The van der Waals surface area contributed by atoms with Crippen LogP contribution >= 0.6 is 24.0 Å². The molecule has 1 N–H and O–H groups in total. The highest BCUT2D eigenvalue weighted by Crippen LogP contribution is 2.40. The van der Waals surface area contributed by atoms with Gasteiger partial charge in [0.05, 0.1) is 21.3 Å². The van der Waals surface area contributed by atoms with E-state index in [4.69, 9.17) is 18.6 Å². The number of nitrogens with one attached hydrogen (secondary N) is 1. The van der Waals surface area contributed by atoms with Crippen molar-refractivity contribution < 1.29 is 18.6 Å². The quantitative estimate of drug-likeness (QED) is 0.317. The summed E-state index contributed by atoms with van der Waals surface area (Å²) in [4.78, 5) is 9.18. The number of benzene rings is 1. The third-order valence-corrected chi connectivity index (χ3v) is 5.64. The van der Waals surface area contributed by atoms with Gasteiger partial charge in [-0.15, -0.1) is 24.0 Å². The van der Waals surface area contributed by atoms with Gasteiger partial charge in [-0.05, 0) is 26.0 Å². The van der Waals surface area contributed by atoms with Gasteiger partial charge in [0.25, 0.3) is 0 Å². The summed E-state index contributed by atoms with van der Waals surface area (Å²) >= 11 is 0. The fourth-order valence-corrected chi connectivity index (χ4v) is 4.01. The number of piperazine rings is 1. The number of hydrogen-bond donors (Lipinski definition) is 1. The highest BCUT2D eigenvalue weighted by molar-refractivity contribution is 14.0. The Bertz CT molecular complexity index is 908. The summed E-state index contributed by atoms with van der Waals surface area (Å²) in [6.45, 7) is 9.13. The molecule has 9 heteroatoms. The second-order valence-electron chi connectivity index (χ2n) is 7.60. The van der Waals surface area contributed by atoms with E-state index in [1.54, 1.807) is 21.3 Å². The van der Waals surface area contributed by atoms with Gasteiger partial charge in [-0.1, -0.05) is 6.07 Å². The van der Waals surface area contributed by atoms with Gasteiger partial charge in [0.15, 0.2) is 17.5 Å². The standard InChI is InChI=1S/C23H34N4O4.HI/c1-16-13-19(17(2)31-16)14-25-23(24-3)27-11-9-26(10-12-27)15-18-7-8-20(28-4)22(30-6)21(18)29-5;/h7-8,13H,9-12,14-15H2,1-6H3,(H,24,25);1H. The Morgan fingerprint density at radius 3 is 2.22 bits per heavy atom. The molecular formula is C23H35IN4O4. The normalized spacial score (nSPS) is 14.7. The van der Waals surface area contributed by atoms with Crippen LogP contribution < -0.4 is 19.5 Å². The zero-order valence-corrected chi connectivity index (χ0v) is 22.2. The van der Waals surface area contributed by atoms with Crippen molar-refractivity contribution in [2.24, 2.45) is 4.99 Å². The van der Waals surface area contributed by atoms with Crippen molar-refractivity contribution >= 4 is 29.9 Å². The molecule has 2 heterocycles. The molecule has 0 aliphatic carbocycles. The third kappa shape index (κ3) is 6.00. The molecule has 1 aromatic carbocycles. The lowest BCUT2D eigenvalue weighted by molar-refractivity contribution is 0.170. The lowest BCUT2D eigenvalue weighted by atomic mass is 10.1. The van der Waals surface area contributed by atoms with Crippen molar-refractivity contribution in [3.05, 3.63) is 40.8 Å². The Morgan fingerprint density at radius 2 is 1.69 bits per heavy atom. The molecule has 2 aromatic rings. The van der Waals surface area contributed by atoms with Crippen molar-refractivity contribution in [1.29, 1.82) is 0 Å². The summed E-state index contributed by atoms with van der Waals surface area (Å²) in [5.74, 6) is 4.84. The smallest absolute Gasteiger partial charge is 0.203 e. The van der Waals surface area contributed by atoms with Crippen LogP contribution in [0.2, 0.25) is 0 Å². The molecular weight excluding hydrogens is 523 g/mol. The fraction of sp³-hybridized carbons (Fsp3) is 0.522. The molecule has 0 radical (unpaired) electrons. The van der Waals surface area contributed by atoms with E-state index in [9.17, 15) is 0 Å². The molecule has 0 unspecified atom stereocenters. The summed E-state index contributed by atoms with van der Waals surface area (Å²) < 4.78 is 22.2. The SMILES string of the molecule is CN=C(NCc1cc(C)oc1C)N1CCN(Cc2ccc(OC)c(OC)c2OC)CC1.I. The maximum Gasteiger partial charge on any atom is 0.203 e. The van der Waals surface area contributed by atoms with Gasteiger partial charge in [-0.3, -0.25) is 9.89 Å². The van der Waals surface area contributed by atoms with Gasteiger partial charge in [0, 0.05) is 57.4 Å². The van der Waals surface area contributed by atoms with E-state index >= 15 is 0 Å². The highest BCUT2D eigenvalue weighted by Gasteiger charge is 2.23. The number of furan rings is 1. The van der Waals surface area contributed by atoms with Crippen molar-refractivity contribution in [1.82, 2.24) is 15.1 Å². The Labute approximate surface area is 207 Å². The maximum absolute atomic E-state index is 5.63. The van der Waals surface area contributed by atoms with Gasteiger partial charge in [-0.25, -0.2) is 0 Å². The zero-order valence-electron chi connectivity index (χ0n) is 19.9. The minimum Gasteiger partial charge on any atom is -0.493 e. The van der Waals surface area contributed by atoms with Crippen LogP contribution in [0.1, 0.15) is 22.6 Å². The first kappa shape index (κ1) is 26.1. The largest absolute Gasteiger partial charge is 0.493 e. The van der Waals surface area contributed by atoms with Crippen molar-refractivity contribution in [2.75, 3.05) is 54.6 Å². The lowest BCUT2D eigenvalue weighted by Crippen LogP contribution is -2.52. The van der Waals surface area contributed by atoms with Crippen LogP contribution in [0, 0.1) is 13.8 Å². The molecule has 32 heavy (non-hydrogen) atoms. The molecule has 178 valence electrons. The Kier molecular flexibility index (Phi) is 9.95. The van der Waals surface area contributed by atoms with Gasteiger partial charge >= 0.3 is 0 Å². The average Bonchev–Trinajstić information content (AvgIpc) is 3.11. The van der Waals surface area contributed by atoms with E-state index in [0.717, 1.165) is 67.1 Å². The van der Waals surface area contributed by atoms with Crippen LogP contribution in [0.4, 0.5) is 0 Å². The van der Waals surface area contributed by atoms with Crippen LogP contribution in [-0.4, -0.2) is 70.3 Å². The zero-order chi connectivity index (χ0) is 22.4. The van der Waals surface area contributed by atoms with Crippen LogP contribution in [-0.2, 0) is 13.1 Å². The van der Waals surface area contributed by atoms with E-state index in [-0.39, 0.29) is 24.0 Å². The number of methoxy groups -OCH3 is 3. The lowest BCUT2D eigenvalue weighted by Gasteiger charge is -2.36. The van der Waals surface area contributed by atoms with Crippen LogP contribution in [0.5, 0.6) is 17.2 Å². The summed E-state index contributed by atoms with van der Waals surface area (Å²) in [6, 6.07) is 6.05. The summed E-state index contributed by atoms with van der Waals surface area (Å²) in [6.07, 6.45) is 0. The van der Waals surface area contributed by atoms with E-state index in [1.807, 2.05) is 33.0 Å². The van der Waals surface area contributed by atoms with Gasteiger partial charge in [0.2, 0.25) is 5.75 Å². The first-order chi connectivity index (χ1) is 15.0. The predicted molar refractivity (Wildman–Crippen MR) is 137 cm³/mol. The Morgan fingerprint density at radius 1 is 1.00 bits per heavy atom. The van der Waals surface area contributed by atoms with Crippen molar-refractivity contribution in [3.63, 3.8) is 0 Å². The minimum atomic E-state index is 0. The number of rotatable bonds is 7.